The maximum atomic E-state index is 13.2. The van der Waals surface area contributed by atoms with E-state index in [1.54, 1.807) is 6.33 Å². The Morgan fingerprint density at radius 2 is 1.84 bits per heavy atom. The van der Waals surface area contributed by atoms with Crippen molar-refractivity contribution in [3.05, 3.63) is 86.9 Å². The lowest BCUT2D eigenvalue weighted by atomic mass is 10.00. The fraction of sp³-hybridized carbons (Fsp3) is 0.292. The molecule has 1 aliphatic heterocycles. The molecule has 2 aromatic carbocycles. The molecule has 0 spiro atoms. The van der Waals surface area contributed by atoms with Crippen molar-refractivity contribution in [3.63, 3.8) is 0 Å². The third kappa shape index (κ3) is 4.83. The first-order chi connectivity index (χ1) is 14.9. The van der Waals surface area contributed by atoms with Crippen LogP contribution in [0.3, 0.4) is 0 Å². The van der Waals surface area contributed by atoms with E-state index in [4.69, 9.17) is 23.2 Å². The lowest BCUT2D eigenvalue weighted by Gasteiger charge is -2.27. The molecular formula is C24H24Cl2N4O. The number of nitrogens with zero attached hydrogens (tertiary/aromatic N) is 3. The van der Waals surface area contributed by atoms with Crippen molar-refractivity contribution in [1.82, 2.24) is 14.9 Å². The molecule has 4 rings (SSSR count). The Labute approximate surface area is 192 Å². The molecule has 31 heavy (non-hydrogen) atoms. The number of hydrogen-bond acceptors (Lipinski definition) is 3. The van der Waals surface area contributed by atoms with Gasteiger partial charge in [0.25, 0.3) is 0 Å². The van der Waals surface area contributed by atoms with Gasteiger partial charge in [0.05, 0.1) is 11.7 Å². The zero-order valence-electron chi connectivity index (χ0n) is 17.5. The van der Waals surface area contributed by atoms with Gasteiger partial charge in [-0.15, -0.1) is 0 Å². The third-order valence-electron chi connectivity index (χ3n) is 5.69. The molecule has 0 saturated carbocycles. The molecule has 1 aromatic heterocycles. The zero-order chi connectivity index (χ0) is 22.0. The van der Waals surface area contributed by atoms with Crippen LogP contribution in [-0.2, 0) is 6.42 Å². The predicted octanol–water partition coefficient (Wildman–Crippen LogP) is 6.36. The first-order valence-corrected chi connectivity index (χ1v) is 11.1. The van der Waals surface area contributed by atoms with Crippen molar-refractivity contribution < 1.29 is 4.79 Å². The van der Waals surface area contributed by atoms with Gasteiger partial charge < -0.3 is 10.2 Å². The van der Waals surface area contributed by atoms with Crippen LogP contribution < -0.4 is 5.32 Å². The number of halogens is 2. The van der Waals surface area contributed by atoms with E-state index < -0.39 is 0 Å². The molecular weight excluding hydrogens is 431 g/mol. The second kappa shape index (κ2) is 9.25. The monoisotopic (exact) mass is 454 g/mol. The maximum Gasteiger partial charge on any atom is 0.322 e. The highest BCUT2D eigenvalue weighted by molar-refractivity contribution is 6.31. The maximum absolute atomic E-state index is 13.2. The van der Waals surface area contributed by atoms with Gasteiger partial charge in [0, 0.05) is 34.9 Å². The second-order valence-corrected chi connectivity index (χ2v) is 8.81. The Morgan fingerprint density at radius 1 is 1.13 bits per heavy atom. The van der Waals surface area contributed by atoms with Crippen LogP contribution in [0.15, 0.2) is 48.9 Å². The van der Waals surface area contributed by atoms with E-state index in [0.29, 0.717) is 23.0 Å². The summed E-state index contributed by atoms with van der Waals surface area (Å²) >= 11 is 12.2. The molecule has 7 heteroatoms. The first kappa shape index (κ1) is 21.6. The summed E-state index contributed by atoms with van der Waals surface area (Å²) in [5.74, 6) is 0. The van der Waals surface area contributed by atoms with Crippen molar-refractivity contribution in [3.8, 4) is 0 Å². The van der Waals surface area contributed by atoms with Gasteiger partial charge in [-0.05, 0) is 73.2 Å². The van der Waals surface area contributed by atoms with Gasteiger partial charge in [0.2, 0.25) is 0 Å². The van der Waals surface area contributed by atoms with Crippen molar-refractivity contribution in [2.45, 2.75) is 39.2 Å². The molecule has 1 N–H and O–H groups in total. The Kier molecular flexibility index (Phi) is 6.44. The van der Waals surface area contributed by atoms with Crippen LogP contribution in [0.1, 0.15) is 46.8 Å². The van der Waals surface area contributed by atoms with Crippen LogP contribution in [0.25, 0.3) is 0 Å². The Hall–Kier alpha value is -2.63. The van der Waals surface area contributed by atoms with Gasteiger partial charge in [-0.25, -0.2) is 14.8 Å². The Balaban J connectivity index is 1.58. The zero-order valence-corrected chi connectivity index (χ0v) is 19.0. The van der Waals surface area contributed by atoms with Crippen LogP contribution in [-0.4, -0.2) is 27.4 Å². The number of anilines is 1. The van der Waals surface area contributed by atoms with Crippen molar-refractivity contribution >= 4 is 34.9 Å². The standard InChI is InChI=1S/C24H24Cl2N4O/c1-15-10-20(26)11-16(2)22(15)29-24(31)30-9-3-4-21(30)23-18(13-27-14-28-23)12-17-5-7-19(25)8-6-17/h5-8,10-11,13-14,21H,3-4,9,12H2,1-2H3,(H,29,31)/t21-/m1/s1. The van der Waals surface area contributed by atoms with Crippen LogP contribution in [0.4, 0.5) is 10.5 Å². The minimum Gasteiger partial charge on any atom is -0.316 e. The molecule has 2 heterocycles. The molecule has 1 saturated heterocycles. The van der Waals surface area contributed by atoms with Crippen molar-refractivity contribution in [2.75, 3.05) is 11.9 Å². The van der Waals surface area contributed by atoms with Crippen LogP contribution in [0, 0.1) is 13.8 Å². The van der Waals surface area contributed by atoms with Crippen molar-refractivity contribution in [2.24, 2.45) is 0 Å². The normalized spacial score (nSPS) is 15.9. The lowest BCUT2D eigenvalue weighted by Crippen LogP contribution is -2.35. The minimum atomic E-state index is -0.118. The van der Waals surface area contributed by atoms with E-state index in [9.17, 15) is 4.79 Å². The minimum absolute atomic E-state index is 0.0850. The summed E-state index contributed by atoms with van der Waals surface area (Å²) < 4.78 is 0. The van der Waals surface area contributed by atoms with E-state index >= 15 is 0 Å². The number of rotatable bonds is 4. The van der Waals surface area contributed by atoms with Crippen LogP contribution >= 0.6 is 23.2 Å². The van der Waals surface area contributed by atoms with E-state index in [0.717, 1.165) is 46.5 Å². The molecule has 0 bridgehead atoms. The first-order valence-electron chi connectivity index (χ1n) is 10.3. The number of benzene rings is 2. The summed E-state index contributed by atoms with van der Waals surface area (Å²) in [5, 5.41) is 4.47. The number of nitrogens with one attached hydrogen (secondary N) is 1. The number of aryl methyl sites for hydroxylation is 2. The number of aromatic nitrogens is 2. The molecule has 0 radical (unpaired) electrons. The van der Waals surface area contributed by atoms with Crippen LogP contribution in [0.5, 0.6) is 0 Å². The Bertz CT molecular complexity index is 1080. The summed E-state index contributed by atoms with van der Waals surface area (Å²) in [6, 6.07) is 11.3. The highest BCUT2D eigenvalue weighted by Crippen LogP contribution is 2.34. The van der Waals surface area contributed by atoms with Crippen molar-refractivity contribution in [1.29, 1.82) is 0 Å². The summed E-state index contributed by atoms with van der Waals surface area (Å²) in [6.45, 7) is 4.59. The number of likely N-dealkylation sites (tertiary alicyclic amines) is 1. The van der Waals surface area contributed by atoms with Gasteiger partial charge in [-0.3, -0.25) is 0 Å². The summed E-state index contributed by atoms with van der Waals surface area (Å²) in [7, 11) is 0. The topological polar surface area (TPSA) is 58.1 Å². The average molecular weight is 455 g/mol. The average Bonchev–Trinajstić information content (AvgIpc) is 3.22. The smallest absolute Gasteiger partial charge is 0.316 e. The molecule has 5 nitrogen and oxygen atoms in total. The quantitative estimate of drug-likeness (QED) is 0.498. The fourth-order valence-corrected chi connectivity index (χ4v) is 4.66. The van der Waals surface area contributed by atoms with Gasteiger partial charge in [-0.1, -0.05) is 35.3 Å². The summed E-state index contributed by atoms with van der Waals surface area (Å²) in [4.78, 5) is 23.9. The van der Waals surface area contributed by atoms with E-state index in [1.807, 2.05) is 61.3 Å². The highest BCUT2D eigenvalue weighted by Gasteiger charge is 2.33. The van der Waals surface area contributed by atoms with E-state index in [2.05, 4.69) is 15.3 Å². The van der Waals surface area contributed by atoms with Gasteiger partial charge >= 0.3 is 6.03 Å². The number of carbonyl (C=O) groups excluding carboxylic acids is 1. The molecule has 3 aromatic rings. The number of urea groups is 1. The molecule has 1 aliphatic rings. The molecule has 0 unspecified atom stereocenters. The van der Waals surface area contributed by atoms with Crippen LogP contribution in [0.2, 0.25) is 10.0 Å². The fourth-order valence-electron chi connectivity index (χ4n) is 4.21. The summed E-state index contributed by atoms with van der Waals surface area (Å²) in [6.07, 6.45) is 5.90. The predicted molar refractivity (Wildman–Crippen MR) is 125 cm³/mol. The molecule has 1 fully saturated rings. The number of carbonyl (C=O) groups is 1. The largest absolute Gasteiger partial charge is 0.322 e. The highest BCUT2D eigenvalue weighted by atomic mass is 35.5. The van der Waals surface area contributed by atoms with E-state index in [-0.39, 0.29) is 12.1 Å². The second-order valence-electron chi connectivity index (χ2n) is 7.93. The van der Waals surface area contributed by atoms with Gasteiger partial charge in [0.1, 0.15) is 6.33 Å². The SMILES string of the molecule is Cc1cc(Cl)cc(C)c1NC(=O)N1CCC[C@@H]1c1ncncc1Cc1ccc(Cl)cc1. The van der Waals surface area contributed by atoms with E-state index in [1.165, 1.54) is 0 Å². The van der Waals surface area contributed by atoms with Gasteiger partial charge in [-0.2, -0.15) is 0 Å². The molecule has 160 valence electrons. The molecule has 0 aliphatic carbocycles. The third-order valence-corrected chi connectivity index (χ3v) is 6.16. The molecule has 2 amide bonds. The lowest BCUT2D eigenvalue weighted by molar-refractivity contribution is 0.206. The Morgan fingerprint density at radius 3 is 2.55 bits per heavy atom. The summed E-state index contributed by atoms with van der Waals surface area (Å²) in [5.41, 5.74) is 5.75. The number of amides is 2. The number of hydrogen-bond donors (Lipinski definition) is 1. The molecule has 1 atom stereocenters. The van der Waals surface area contributed by atoms with Gasteiger partial charge in [0.15, 0.2) is 0 Å².